The highest BCUT2D eigenvalue weighted by Gasteiger charge is 2.50. The van der Waals surface area contributed by atoms with Crippen molar-refractivity contribution in [1.29, 1.82) is 0 Å². The number of aryl methyl sites for hydroxylation is 2. The molecule has 4 heterocycles. The van der Waals surface area contributed by atoms with Crippen LogP contribution in [0.1, 0.15) is 59.0 Å². The van der Waals surface area contributed by atoms with Crippen molar-refractivity contribution < 1.29 is 24.0 Å². The first-order valence-corrected chi connectivity index (χ1v) is 11.9. The minimum absolute atomic E-state index is 0.00730. The maximum Gasteiger partial charge on any atom is 0.296 e. The summed E-state index contributed by atoms with van der Waals surface area (Å²) in [5.74, 6) is -1.74. The Morgan fingerprint density at radius 3 is 2.59 bits per heavy atom. The molecule has 2 aromatic heterocycles. The van der Waals surface area contributed by atoms with Crippen molar-refractivity contribution in [1.82, 2.24) is 30.4 Å². The fourth-order valence-corrected chi connectivity index (χ4v) is 5.36. The van der Waals surface area contributed by atoms with Gasteiger partial charge < -0.3 is 20.2 Å². The van der Waals surface area contributed by atoms with Gasteiger partial charge in [-0.05, 0) is 56.2 Å². The van der Waals surface area contributed by atoms with Gasteiger partial charge >= 0.3 is 0 Å². The van der Waals surface area contributed by atoms with E-state index in [-0.39, 0.29) is 42.0 Å². The number of nitrogens with one attached hydrogen (secondary N) is 2. The van der Waals surface area contributed by atoms with Crippen LogP contribution in [0.2, 0.25) is 0 Å². The number of benzene rings is 1. The fraction of sp³-hybridized carbons (Fsp3) is 0.417. The van der Waals surface area contributed by atoms with Crippen molar-refractivity contribution in [3.05, 3.63) is 74.2 Å². The number of rotatable bonds is 6. The number of hydrogen-bond donors (Lipinski definition) is 4. The number of aromatic hydroxyl groups is 1. The third-order valence-electron chi connectivity index (χ3n) is 7.22. The lowest BCUT2D eigenvalue weighted by Crippen LogP contribution is -2.63. The Morgan fingerprint density at radius 2 is 1.97 bits per heavy atom. The van der Waals surface area contributed by atoms with Crippen LogP contribution in [0, 0.1) is 30.8 Å². The van der Waals surface area contributed by atoms with E-state index in [9.17, 15) is 29.5 Å². The van der Waals surface area contributed by atoms with Gasteiger partial charge in [0.15, 0.2) is 11.5 Å². The Labute approximate surface area is 210 Å². The molecule has 1 atom stereocenters. The molecule has 0 radical (unpaired) electrons. The van der Waals surface area contributed by atoms with E-state index in [2.05, 4.69) is 20.9 Å². The van der Waals surface area contributed by atoms with E-state index < -0.39 is 39.2 Å². The molecule has 2 bridgehead atoms. The molecule has 1 unspecified atom stereocenters. The zero-order valence-electron chi connectivity index (χ0n) is 20.3. The number of nitrogens with zero attached hydrogens (tertiary/aromatic N) is 4. The van der Waals surface area contributed by atoms with E-state index >= 15 is 0 Å². The predicted octanol–water partition coefficient (Wildman–Crippen LogP) is 2.42. The van der Waals surface area contributed by atoms with Crippen molar-refractivity contribution in [3.63, 3.8) is 0 Å². The van der Waals surface area contributed by atoms with Gasteiger partial charge in [-0.25, -0.2) is 9.37 Å². The number of fused-ring (bicyclic) bond motifs is 2. The van der Waals surface area contributed by atoms with Crippen LogP contribution < -0.4 is 21.2 Å². The molecule has 1 aliphatic carbocycles. The Bertz CT molecular complexity index is 1390. The van der Waals surface area contributed by atoms with Crippen LogP contribution in [-0.4, -0.2) is 30.9 Å². The van der Waals surface area contributed by atoms with Gasteiger partial charge in [-0.15, -0.1) is 5.43 Å². The highest BCUT2D eigenvalue weighted by atomic mass is 19.1. The van der Waals surface area contributed by atoms with Gasteiger partial charge in [0, 0.05) is 20.0 Å². The minimum atomic E-state index is -2.02. The maximum atomic E-state index is 13.4. The predicted molar refractivity (Wildman–Crippen MR) is 127 cm³/mol. The molecule has 3 aromatic rings. The first-order chi connectivity index (χ1) is 17.5. The zero-order chi connectivity index (χ0) is 26.5. The average Bonchev–Trinajstić information content (AvgIpc) is 3.04. The highest BCUT2D eigenvalue weighted by Crippen LogP contribution is 2.44. The fourth-order valence-electron chi connectivity index (χ4n) is 5.36. The molecule has 12 nitrogen and oxygen atoms in total. The van der Waals surface area contributed by atoms with Crippen LogP contribution in [0.4, 0.5) is 10.1 Å². The number of hydrogen-bond acceptors (Lipinski definition) is 9. The Hall–Kier alpha value is -3.65. The van der Waals surface area contributed by atoms with E-state index in [0.717, 1.165) is 0 Å². The molecule has 1 fully saturated rings. The molecule has 4 N–H and O–H groups in total. The second-order valence-electron chi connectivity index (χ2n) is 9.74. The lowest BCUT2D eigenvalue weighted by Gasteiger charge is -2.43. The Morgan fingerprint density at radius 1 is 1.30 bits per heavy atom. The number of amides is 1. The van der Waals surface area contributed by atoms with Crippen molar-refractivity contribution >= 4 is 11.6 Å². The average molecular weight is 515 g/mol. The van der Waals surface area contributed by atoms with E-state index in [4.69, 9.17) is 4.52 Å². The smallest absolute Gasteiger partial charge is 0.296 e. The second-order valence-corrected chi connectivity index (χ2v) is 9.74. The van der Waals surface area contributed by atoms with Crippen LogP contribution in [0.25, 0.3) is 0 Å². The SMILES string of the molecule is Cc1noc(C)c1[N+]([O-])(O)NC12CCC(CC1)Cn1c2nc(C(=O)NCc2ccc(F)cc2)c(O)c1=O. The first kappa shape index (κ1) is 25.0. The molecule has 13 heteroatoms. The topological polar surface area (TPSA) is 166 Å². The first-order valence-electron chi connectivity index (χ1n) is 11.9. The number of aromatic nitrogens is 3. The Balaban J connectivity index is 1.54. The number of carbonyl (C=O) groups is 1. The van der Waals surface area contributed by atoms with E-state index in [1.807, 2.05) is 0 Å². The van der Waals surface area contributed by atoms with Gasteiger partial charge in [0.1, 0.15) is 22.9 Å². The monoisotopic (exact) mass is 514 g/mol. The highest BCUT2D eigenvalue weighted by molar-refractivity contribution is 5.94. The standard InChI is InChI=1S/C24H27FN6O6/c1-13-19(14(2)37-28-13)31(35,36)29-24-9-7-16(8-10-24)12-30-22(34)20(32)18(27-23(24)30)21(33)26-11-15-3-5-17(25)6-4-15/h3-6,16,29,32,35H,7-12H2,1-2H3,(H,26,33). The summed E-state index contributed by atoms with van der Waals surface area (Å²) in [7, 11) is 0. The van der Waals surface area contributed by atoms with Gasteiger partial charge in [-0.1, -0.05) is 22.2 Å². The molecule has 1 saturated carbocycles. The summed E-state index contributed by atoms with van der Waals surface area (Å²) in [5, 5.41) is 41.3. The molecule has 3 aliphatic rings. The summed E-state index contributed by atoms with van der Waals surface area (Å²) in [6.07, 6.45) is 1.98. The normalized spacial score (nSPS) is 22.2. The van der Waals surface area contributed by atoms with Crippen LogP contribution >= 0.6 is 0 Å². The van der Waals surface area contributed by atoms with Crippen LogP contribution in [0.5, 0.6) is 5.75 Å². The van der Waals surface area contributed by atoms with Crippen molar-refractivity contribution in [2.45, 2.75) is 58.2 Å². The molecular weight excluding hydrogens is 487 g/mol. The molecule has 2 aliphatic heterocycles. The number of halogens is 1. The molecular formula is C24H27FN6O6. The molecule has 1 amide bonds. The van der Waals surface area contributed by atoms with Crippen LogP contribution in [0.15, 0.2) is 33.6 Å². The molecule has 196 valence electrons. The summed E-state index contributed by atoms with van der Waals surface area (Å²) in [4.78, 5) is 28.6. The summed E-state index contributed by atoms with van der Waals surface area (Å²) >= 11 is 0. The summed E-state index contributed by atoms with van der Waals surface area (Å²) < 4.78 is 19.5. The van der Waals surface area contributed by atoms with Gasteiger partial charge in [0.25, 0.3) is 17.2 Å². The quantitative estimate of drug-likeness (QED) is 0.285. The molecule has 1 aromatic carbocycles. The number of quaternary nitrogens is 1. The third kappa shape index (κ3) is 4.39. The Kier molecular flexibility index (Phi) is 6.10. The largest absolute Gasteiger partial charge is 0.573 e. The van der Waals surface area contributed by atoms with E-state index in [0.29, 0.717) is 31.2 Å². The van der Waals surface area contributed by atoms with Crippen molar-refractivity contribution in [3.8, 4) is 5.75 Å². The van der Waals surface area contributed by atoms with Crippen molar-refractivity contribution in [2.75, 3.05) is 0 Å². The minimum Gasteiger partial charge on any atom is -0.573 e. The van der Waals surface area contributed by atoms with Gasteiger partial charge in [0.2, 0.25) is 5.75 Å². The second kappa shape index (κ2) is 9.03. The van der Waals surface area contributed by atoms with Gasteiger partial charge in [-0.2, -0.15) is 5.21 Å². The van der Waals surface area contributed by atoms with Crippen LogP contribution in [-0.2, 0) is 18.6 Å². The van der Waals surface area contributed by atoms with Crippen LogP contribution in [0.3, 0.4) is 0 Å². The molecule has 0 saturated heterocycles. The summed E-state index contributed by atoms with van der Waals surface area (Å²) in [5.41, 5.74) is 0.810. The number of carbonyl (C=O) groups excluding carboxylic acids is 1. The van der Waals surface area contributed by atoms with Gasteiger partial charge in [-0.3, -0.25) is 14.2 Å². The lowest BCUT2D eigenvalue weighted by molar-refractivity contribution is -0.117. The molecule has 0 spiro atoms. The van der Waals surface area contributed by atoms with E-state index in [1.54, 1.807) is 0 Å². The van der Waals surface area contributed by atoms with Crippen molar-refractivity contribution in [2.24, 2.45) is 5.92 Å². The third-order valence-corrected chi connectivity index (χ3v) is 7.22. The zero-order valence-corrected chi connectivity index (χ0v) is 20.3. The summed E-state index contributed by atoms with van der Waals surface area (Å²) in [6.45, 7) is 3.28. The van der Waals surface area contributed by atoms with Gasteiger partial charge in [0.05, 0.1) is 0 Å². The van der Waals surface area contributed by atoms with E-state index in [1.165, 1.54) is 42.7 Å². The summed E-state index contributed by atoms with van der Waals surface area (Å²) in [6, 6.07) is 5.49. The maximum absolute atomic E-state index is 13.4. The lowest BCUT2D eigenvalue weighted by atomic mass is 9.78. The molecule has 37 heavy (non-hydrogen) atoms. The molecule has 6 rings (SSSR count).